The van der Waals surface area contributed by atoms with Crippen molar-refractivity contribution in [2.24, 2.45) is 10.7 Å². The number of nitrogens with one attached hydrogen (secondary N) is 1. The summed E-state index contributed by atoms with van der Waals surface area (Å²) >= 11 is 1.81. The number of hydrogen-bond acceptors (Lipinski definition) is 5. The number of hydrogen-bond donors (Lipinski definition) is 2. The van der Waals surface area contributed by atoms with Gasteiger partial charge in [-0.1, -0.05) is 12.1 Å². The largest absolute Gasteiger partial charge is 0.497 e. The van der Waals surface area contributed by atoms with Gasteiger partial charge in [-0.2, -0.15) is 0 Å². The van der Waals surface area contributed by atoms with E-state index in [9.17, 15) is 0 Å². The second kappa shape index (κ2) is 5.77. The van der Waals surface area contributed by atoms with Gasteiger partial charge < -0.3 is 15.8 Å². The minimum atomic E-state index is 0.0876. The summed E-state index contributed by atoms with van der Waals surface area (Å²) < 4.78 is 5.20. The highest BCUT2D eigenvalue weighted by molar-refractivity contribution is 7.12. The van der Waals surface area contributed by atoms with E-state index in [1.807, 2.05) is 12.1 Å². The SMILES string of the molecule is COc1ccc(C2CC(c3ccc(C)s3)NC(N)=N2)cc1. The molecule has 0 amide bonds. The van der Waals surface area contributed by atoms with E-state index in [1.54, 1.807) is 18.4 Å². The molecule has 21 heavy (non-hydrogen) atoms. The Kier molecular flexibility index (Phi) is 3.84. The van der Waals surface area contributed by atoms with Gasteiger partial charge in [0.1, 0.15) is 5.75 Å². The number of rotatable bonds is 3. The van der Waals surface area contributed by atoms with Crippen molar-refractivity contribution in [3.8, 4) is 5.75 Å². The Hall–Kier alpha value is -2.01. The van der Waals surface area contributed by atoms with Crippen LogP contribution in [-0.2, 0) is 0 Å². The molecule has 5 heteroatoms. The third-order valence-corrected chi connectivity index (χ3v) is 4.80. The standard InChI is InChI=1S/C16H19N3OS/c1-10-3-8-15(21-10)14-9-13(18-16(17)19-14)11-4-6-12(20-2)7-5-11/h3-8,13-14H,9H2,1-2H3,(H3,17,18,19). The van der Waals surface area contributed by atoms with Crippen molar-refractivity contribution < 1.29 is 4.74 Å². The molecule has 0 aliphatic carbocycles. The summed E-state index contributed by atoms with van der Waals surface area (Å²) in [6.07, 6.45) is 0.910. The molecule has 2 aromatic rings. The fourth-order valence-corrected chi connectivity index (χ4v) is 3.52. The van der Waals surface area contributed by atoms with E-state index in [0.717, 1.165) is 12.2 Å². The summed E-state index contributed by atoms with van der Waals surface area (Å²) in [5.74, 6) is 1.37. The Labute approximate surface area is 128 Å². The van der Waals surface area contributed by atoms with Gasteiger partial charge in [0.25, 0.3) is 0 Å². The first-order chi connectivity index (χ1) is 10.2. The summed E-state index contributed by atoms with van der Waals surface area (Å²) in [4.78, 5) is 7.16. The molecule has 0 saturated carbocycles. The van der Waals surface area contributed by atoms with E-state index in [4.69, 9.17) is 10.5 Å². The number of aryl methyl sites for hydroxylation is 1. The van der Waals surface area contributed by atoms with Gasteiger partial charge in [0.05, 0.1) is 19.2 Å². The van der Waals surface area contributed by atoms with Crippen molar-refractivity contribution >= 4 is 17.3 Å². The smallest absolute Gasteiger partial charge is 0.189 e. The number of thiophene rings is 1. The van der Waals surface area contributed by atoms with Gasteiger partial charge in [0.15, 0.2) is 5.96 Å². The second-order valence-corrected chi connectivity index (χ2v) is 6.50. The monoisotopic (exact) mass is 301 g/mol. The van der Waals surface area contributed by atoms with E-state index in [0.29, 0.717) is 5.96 Å². The van der Waals surface area contributed by atoms with Crippen LogP contribution in [-0.4, -0.2) is 13.1 Å². The molecule has 0 radical (unpaired) electrons. The molecule has 0 saturated heterocycles. The Morgan fingerprint density at radius 2 is 2.00 bits per heavy atom. The van der Waals surface area contributed by atoms with Gasteiger partial charge >= 0.3 is 0 Å². The Balaban J connectivity index is 1.83. The molecule has 4 nitrogen and oxygen atoms in total. The molecule has 0 bridgehead atoms. The van der Waals surface area contributed by atoms with Crippen LogP contribution >= 0.6 is 11.3 Å². The predicted molar refractivity (Wildman–Crippen MR) is 86.9 cm³/mol. The molecular formula is C16H19N3OS. The molecule has 1 aliphatic rings. The highest BCUT2D eigenvalue weighted by Crippen LogP contribution is 2.35. The first kappa shape index (κ1) is 13.9. The summed E-state index contributed by atoms with van der Waals surface area (Å²) in [6, 6.07) is 12.7. The molecule has 3 N–H and O–H groups in total. The first-order valence-corrected chi connectivity index (χ1v) is 7.77. The lowest BCUT2D eigenvalue weighted by molar-refractivity contribution is 0.414. The van der Waals surface area contributed by atoms with Gasteiger partial charge in [0, 0.05) is 9.75 Å². The van der Waals surface area contributed by atoms with Gasteiger partial charge in [-0.25, -0.2) is 4.99 Å². The Bertz CT molecular complexity index is 648. The molecule has 110 valence electrons. The van der Waals surface area contributed by atoms with E-state index in [-0.39, 0.29) is 12.1 Å². The topological polar surface area (TPSA) is 59.6 Å². The van der Waals surface area contributed by atoms with Gasteiger partial charge in [-0.15, -0.1) is 11.3 Å². The van der Waals surface area contributed by atoms with Crippen LogP contribution in [0, 0.1) is 6.92 Å². The average molecular weight is 301 g/mol. The number of ether oxygens (including phenoxy) is 1. The minimum Gasteiger partial charge on any atom is -0.497 e. The van der Waals surface area contributed by atoms with Crippen molar-refractivity contribution in [3.63, 3.8) is 0 Å². The summed E-state index contributed by atoms with van der Waals surface area (Å²) in [5.41, 5.74) is 7.14. The number of nitrogens with two attached hydrogens (primary N) is 1. The molecule has 0 spiro atoms. The van der Waals surface area contributed by atoms with E-state index in [2.05, 4.69) is 41.5 Å². The van der Waals surface area contributed by atoms with Crippen LogP contribution in [0.2, 0.25) is 0 Å². The van der Waals surface area contributed by atoms with Gasteiger partial charge in [-0.05, 0) is 43.2 Å². The van der Waals surface area contributed by atoms with E-state index >= 15 is 0 Å². The zero-order valence-corrected chi connectivity index (χ0v) is 13.0. The summed E-state index contributed by atoms with van der Waals surface area (Å²) in [6.45, 7) is 2.12. The van der Waals surface area contributed by atoms with Crippen LogP contribution in [0.15, 0.2) is 41.4 Å². The number of methoxy groups -OCH3 is 1. The third kappa shape index (κ3) is 3.03. The van der Waals surface area contributed by atoms with Crippen LogP contribution in [0.25, 0.3) is 0 Å². The molecule has 2 unspecified atom stereocenters. The van der Waals surface area contributed by atoms with Crippen LogP contribution in [0.4, 0.5) is 0 Å². The Morgan fingerprint density at radius 3 is 2.62 bits per heavy atom. The zero-order chi connectivity index (χ0) is 14.8. The summed E-state index contributed by atoms with van der Waals surface area (Å²) in [5, 5.41) is 3.28. The molecule has 0 fully saturated rings. The third-order valence-electron chi connectivity index (χ3n) is 3.68. The van der Waals surface area contributed by atoms with Crippen molar-refractivity contribution in [2.45, 2.75) is 25.4 Å². The van der Waals surface area contributed by atoms with Crippen LogP contribution in [0.3, 0.4) is 0 Å². The second-order valence-electron chi connectivity index (χ2n) is 5.18. The zero-order valence-electron chi connectivity index (χ0n) is 12.2. The van der Waals surface area contributed by atoms with Crippen LogP contribution in [0.1, 0.15) is 33.8 Å². The predicted octanol–water partition coefficient (Wildman–Crippen LogP) is 3.16. The van der Waals surface area contributed by atoms with Gasteiger partial charge in [-0.3, -0.25) is 0 Å². The maximum atomic E-state index is 5.97. The lowest BCUT2D eigenvalue weighted by Gasteiger charge is -2.28. The van der Waals surface area contributed by atoms with Crippen molar-refractivity contribution in [3.05, 3.63) is 51.7 Å². The van der Waals surface area contributed by atoms with Crippen molar-refractivity contribution in [1.29, 1.82) is 0 Å². The molecular weight excluding hydrogens is 282 g/mol. The highest BCUT2D eigenvalue weighted by atomic mass is 32.1. The first-order valence-electron chi connectivity index (χ1n) is 6.96. The fourth-order valence-electron chi connectivity index (χ4n) is 2.58. The average Bonchev–Trinajstić information content (AvgIpc) is 2.93. The lowest BCUT2D eigenvalue weighted by atomic mass is 9.97. The van der Waals surface area contributed by atoms with Gasteiger partial charge in [0.2, 0.25) is 0 Å². The number of aliphatic imine (C=N–C) groups is 1. The Morgan fingerprint density at radius 1 is 1.24 bits per heavy atom. The summed E-state index contributed by atoms with van der Waals surface area (Å²) in [7, 11) is 1.67. The van der Waals surface area contributed by atoms with E-state index in [1.165, 1.54) is 15.3 Å². The highest BCUT2D eigenvalue weighted by Gasteiger charge is 2.25. The maximum absolute atomic E-state index is 5.97. The number of benzene rings is 1. The van der Waals surface area contributed by atoms with Crippen LogP contribution in [0.5, 0.6) is 5.75 Å². The molecule has 1 aromatic carbocycles. The maximum Gasteiger partial charge on any atom is 0.189 e. The quantitative estimate of drug-likeness (QED) is 0.915. The van der Waals surface area contributed by atoms with Crippen LogP contribution < -0.4 is 15.8 Å². The molecule has 1 aromatic heterocycles. The number of nitrogens with zero attached hydrogens (tertiary/aromatic N) is 1. The molecule has 1 aliphatic heterocycles. The molecule has 2 heterocycles. The number of guanidine groups is 1. The normalized spacial score (nSPS) is 21.5. The fraction of sp³-hybridized carbons (Fsp3) is 0.312. The van der Waals surface area contributed by atoms with Crippen molar-refractivity contribution in [2.75, 3.05) is 7.11 Å². The lowest BCUT2D eigenvalue weighted by Crippen LogP contribution is -2.39. The molecule has 3 rings (SSSR count). The van der Waals surface area contributed by atoms with E-state index < -0.39 is 0 Å². The van der Waals surface area contributed by atoms with Crippen molar-refractivity contribution in [1.82, 2.24) is 5.32 Å². The molecule has 2 atom stereocenters. The minimum absolute atomic E-state index is 0.0876.